The van der Waals surface area contributed by atoms with Crippen LogP contribution < -0.4 is 14.5 Å². The van der Waals surface area contributed by atoms with Gasteiger partial charge in [0.15, 0.2) is 0 Å². The molecule has 2 aromatic rings. The van der Waals surface area contributed by atoms with Crippen LogP contribution in [0.5, 0.6) is 5.75 Å². The van der Waals surface area contributed by atoms with E-state index in [2.05, 4.69) is 0 Å². The molecule has 0 heterocycles. The smallest absolute Gasteiger partial charge is 0.312 e. The molecule has 0 fully saturated rings. The summed E-state index contributed by atoms with van der Waals surface area (Å²) in [7, 11) is -0.834. The Hall–Kier alpha value is -3.11. The molecular weight excluding hydrogens is 436 g/mol. The van der Waals surface area contributed by atoms with Gasteiger partial charge in [0, 0.05) is 13.5 Å². The average Bonchev–Trinajstić information content (AvgIpc) is 2.79. The van der Waals surface area contributed by atoms with Crippen LogP contribution in [-0.2, 0) is 30.8 Å². The van der Waals surface area contributed by atoms with Gasteiger partial charge in [-0.3, -0.25) is 19.1 Å². The van der Waals surface area contributed by atoms with E-state index in [4.69, 9.17) is 14.7 Å². The van der Waals surface area contributed by atoms with Crippen molar-refractivity contribution in [1.82, 2.24) is 5.48 Å². The summed E-state index contributed by atoms with van der Waals surface area (Å²) in [6.45, 7) is 3.40. The van der Waals surface area contributed by atoms with E-state index in [0.717, 1.165) is 4.31 Å². The average molecular weight is 465 g/mol. The number of rotatable bonds is 10. The van der Waals surface area contributed by atoms with E-state index in [0.29, 0.717) is 17.0 Å². The molecule has 0 radical (unpaired) electrons. The Bertz CT molecular complexity index is 1040. The predicted octanol–water partition coefficient (Wildman–Crippen LogP) is 2.53. The third-order valence-electron chi connectivity index (χ3n) is 5.06. The van der Waals surface area contributed by atoms with Crippen LogP contribution in [0.2, 0.25) is 0 Å². The lowest BCUT2D eigenvalue weighted by molar-refractivity contribution is -0.157. The highest BCUT2D eigenvalue weighted by Gasteiger charge is 2.37. The lowest BCUT2D eigenvalue weighted by Crippen LogP contribution is -2.37. The summed E-state index contributed by atoms with van der Waals surface area (Å²) in [5.74, 6) is -0.718. The van der Waals surface area contributed by atoms with E-state index >= 15 is 0 Å². The van der Waals surface area contributed by atoms with Crippen LogP contribution >= 0.6 is 0 Å². The highest BCUT2D eigenvalue weighted by molar-refractivity contribution is 7.92. The zero-order valence-electron chi connectivity index (χ0n) is 18.5. The van der Waals surface area contributed by atoms with Crippen molar-refractivity contribution in [1.29, 1.82) is 0 Å². The first-order valence-electron chi connectivity index (χ1n) is 9.89. The second-order valence-electron chi connectivity index (χ2n) is 7.48. The van der Waals surface area contributed by atoms with Crippen molar-refractivity contribution in [3.63, 3.8) is 0 Å². The topological polar surface area (TPSA) is 122 Å². The molecule has 0 spiro atoms. The van der Waals surface area contributed by atoms with Crippen molar-refractivity contribution < 1.29 is 32.7 Å². The molecule has 0 saturated carbocycles. The van der Waals surface area contributed by atoms with Crippen LogP contribution in [0.3, 0.4) is 0 Å². The largest absolute Gasteiger partial charge is 0.497 e. The van der Waals surface area contributed by atoms with Gasteiger partial charge < -0.3 is 9.47 Å². The number of nitrogens with zero attached hydrogens (tertiary/aromatic N) is 1. The van der Waals surface area contributed by atoms with Crippen LogP contribution in [0.25, 0.3) is 0 Å². The maximum Gasteiger partial charge on any atom is 0.312 e. The number of anilines is 1. The van der Waals surface area contributed by atoms with Gasteiger partial charge >= 0.3 is 5.97 Å². The molecule has 2 rings (SSSR count). The van der Waals surface area contributed by atoms with E-state index in [9.17, 15) is 18.0 Å². The van der Waals surface area contributed by atoms with Gasteiger partial charge in [-0.15, -0.1) is 0 Å². The summed E-state index contributed by atoms with van der Waals surface area (Å²) in [6, 6.07) is 12.7. The molecule has 174 valence electrons. The molecule has 2 N–H and O–H groups in total. The molecule has 0 aliphatic carbocycles. The Morgan fingerprint density at radius 1 is 1.09 bits per heavy atom. The van der Waals surface area contributed by atoms with Crippen molar-refractivity contribution >= 4 is 27.6 Å². The summed E-state index contributed by atoms with van der Waals surface area (Å²) < 4.78 is 37.2. The molecule has 0 unspecified atom stereocenters. The molecule has 1 amide bonds. The number of hydrogen-bond donors (Lipinski definition) is 2. The normalized spacial score (nSPS) is 13.0. The van der Waals surface area contributed by atoms with Crippen LogP contribution in [-0.4, -0.2) is 46.3 Å². The fraction of sp³-hybridized carbons (Fsp3) is 0.364. The molecule has 0 aromatic heterocycles. The van der Waals surface area contributed by atoms with Crippen LogP contribution in [0.15, 0.2) is 53.4 Å². The standard InChI is InChI=1S/C22H28N2O7S/c1-5-31-21(26)22(2,15-20(25)23-27)14-16-6-8-17(9-7-16)24(3)32(28,29)19-12-10-18(30-4)11-13-19/h6-13,27H,5,14-15H2,1-4H3,(H,23,25)/t22-/m0/s1. The SMILES string of the molecule is CCOC(=O)[C@](C)(CC(=O)NO)Cc1ccc(N(C)S(=O)(=O)c2ccc(OC)cc2)cc1. The van der Waals surface area contributed by atoms with Gasteiger partial charge in [0.25, 0.3) is 10.0 Å². The molecule has 32 heavy (non-hydrogen) atoms. The maximum atomic E-state index is 12.9. The molecule has 0 saturated heterocycles. The summed E-state index contributed by atoms with van der Waals surface area (Å²) >= 11 is 0. The van der Waals surface area contributed by atoms with Gasteiger partial charge in [0.05, 0.1) is 29.7 Å². The molecule has 1 atom stereocenters. The Morgan fingerprint density at radius 2 is 1.69 bits per heavy atom. The summed E-state index contributed by atoms with van der Waals surface area (Å²) in [5.41, 5.74) is 1.46. The summed E-state index contributed by atoms with van der Waals surface area (Å²) in [6.07, 6.45) is -0.107. The summed E-state index contributed by atoms with van der Waals surface area (Å²) in [4.78, 5) is 24.3. The van der Waals surface area contributed by atoms with Gasteiger partial charge in [-0.05, 0) is 62.2 Å². The number of hydrogen-bond acceptors (Lipinski definition) is 7. The van der Waals surface area contributed by atoms with Crippen molar-refractivity contribution in [2.45, 2.75) is 31.6 Å². The van der Waals surface area contributed by atoms with Gasteiger partial charge in [-0.2, -0.15) is 0 Å². The zero-order valence-corrected chi connectivity index (χ0v) is 19.3. The van der Waals surface area contributed by atoms with Crippen LogP contribution in [0.1, 0.15) is 25.8 Å². The number of esters is 1. The second-order valence-corrected chi connectivity index (χ2v) is 9.45. The van der Waals surface area contributed by atoms with E-state index in [1.54, 1.807) is 50.2 Å². The zero-order chi connectivity index (χ0) is 23.9. The van der Waals surface area contributed by atoms with E-state index < -0.39 is 27.3 Å². The number of carbonyl (C=O) groups excluding carboxylic acids is 2. The van der Waals surface area contributed by atoms with E-state index in [1.165, 1.54) is 31.8 Å². The molecule has 10 heteroatoms. The first kappa shape index (κ1) is 25.2. The van der Waals surface area contributed by atoms with Gasteiger partial charge in [0.1, 0.15) is 5.75 Å². The number of benzene rings is 2. The predicted molar refractivity (Wildman–Crippen MR) is 118 cm³/mol. The van der Waals surface area contributed by atoms with E-state index in [-0.39, 0.29) is 24.3 Å². The van der Waals surface area contributed by atoms with Crippen molar-refractivity contribution in [2.24, 2.45) is 5.41 Å². The highest BCUT2D eigenvalue weighted by Crippen LogP contribution is 2.30. The van der Waals surface area contributed by atoms with Crippen molar-refractivity contribution in [3.05, 3.63) is 54.1 Å². The highest BCUT2D eigenvalue weighted by atomic mass is 32.2. The van der Waals surface area contributed by atoms with Crippen LogP contribution in [0.4, 0.5) is 5.69 Å². The molecular formula is C22H28N2O7S. The minimum atomic E-state index is -3.78. The number of hydroxylamine groups is 1. The van der Waals surface area contributed by atoms with Gasteiger partial charge in [0.2, 0.25) is 5.91 Å². The Labute approximate surface area is 188 Å². The lowest BCUT2D eigenvalue weighted by atomic mass is 9.80. The molecule has 0 aliphatic rings. The quantitative estimate of drug-likeness (QED) is 0.315. The number of ether oxygens (including phenoxy) is 2. The number of sulfonamides is 1. The van der Waals surface area contributed by atoms with Gasteiger partial charge in [-0.1, -0.05) is 12.1 Å². The van der Waals surface area contributed by atoms with Gasteiger partial charge in [-0.25, -0.2) is 13.9 Å². The minimum Gasteiger partial charge on any atom is -0.497 e. The molecule has 9 nitrogen and oxygen atoms in total. The maximum absolute atomic E-state index is 12.9. The molecule has 0 bridgehead atoms. The number of carbonyl (C=O) groups is 2. The Balaban J connectivity index is 2.24. The third-order valence-corrected chi connectivity index (χ3v) is 6.86. The summed E-state index contributed by atoms with van der Waals surface area (Å²) in [5, 5.41) is 8.85. The number of amides is 1. The van der Waals surface area contributed by atoms with Crippen molar-refractivity contribution in [2.75, 3.05) is 25.1 Å². The minimum absolute atomic E-state index is 0.120. The third kappa shape index (κ3) is 5.77. The first-order valence-corrected chi connectivity index (χ1v) is 11.3. The molecule has 0 aliphatic heterocycles. The van der Waals surface area contributed by atoms with Crippen molar-refractivity contribution in [3.8, 4) is 5.75 Å². The fourth-order valence-corrected chi connectivity index (χ4v) is 4.42. The Morgan fingerprint density at radius 3 is 2.19 bits per heavy atom. The van der Waals surface area contributed by atoms with E-state index in [1.807, 2.05) is 0 Å². The molecule has 2 aromatic carbocycles. The van der Waals surface area contributed by atoms with Crippen LogP contribution in [0, 0.1) is 5.41 Å². The first-order chi connectivity index (χ1) is 15.1. The number of nitrogens with one attached hydrogen (secondary N) is 1. The lowest BCUT2D eigenvalue weighted by Gasteiger charge is -2.26. The number of methoxy groups -OCH3 is 1. The monoisotopic (exact) mass is 464 g/mol. The Kier molecular flexibility index (Phi) is 8.23. The second kappa shape index (κ2) is 10.5. The fourth-order valence-electron chi connectivity index (χ4n) is 3.22.